The molecular weight excluding hydrogens is 424 g/mol. The minimum absolute atomic E-state index is 0.128. The molecule has 0 aliphatic heterocycles. The zero-order valence-corrected chi connectivity index (χ0v) is 19.8. The lowest BCUT2D eigenvalue weighted by Gasteiger charge is -2.19. The smallest absolute Gasteiger partial charge is 0.371 e. The number of phenols is 1. The van der Waals surface area contributed by atoms with Crippen LogP contribution in [0, 0.1) is 0 Å². The molecule has 7 nitrogen and oxygen atoms in total. The van der Waals surface area contributed by atoms with Crippen LogP contribution in [0.25, 0.3) is 6.08 Å². The molecule has 0 aliphatic carbocycles. The van der Waals surface area contributed by atoms with Gasteiger partial charge in [-0.1, -0.05) is 38.5 Å². The molecule has 0 aliphatic rings. The maximum atomic E-state index is 11.6. The summed E-state index contributed by atoms with van der Waals surface area (Å²) in [5.41, 5.74) is 2.43. The van der Waals surface area contributed by atoms with E-state index in [1.165, 1.54) is 6.08 Å². The number of aliphatic carboxylic acids is 1. The number of ether oxygens (including phenoxy) is 4. The van der Waals surface area contributed by atoms with Crippen LogP contribution in [0.4, 0.5) is 0 Å². The third-order valence-electron chi connectivity index (χ3n) is 5.04. The Labute approximate surface area is 195 Å². The second-order valence-corrected chi connectivity index (χ2v) is 7.37. The van der Waals surface area contributed by atoms with Gasteiger partial charge in [0, 0.05) is 18.1 Å². The summed E-state index contributed by atoms with van der Waals surface area (Å²) >= 11 is 0. The molecule has 7 heteroatoms. The standard InChI is InChI=1S/C26H34O7/c1-5-8-14-32-24-18(6-2)9-10-20(16-23(26(28)29)31-7-3)25(24)33-15-13-19-11-12-21(27)17-22(19)30-4/h9-12,16-17,27H,5-8,13-15H2,1-4H3,(H,28,29)/b23-16-. The Morgan fingerprint density at radius 1 is 1.00 bits per heavy atom. The van der Waals surface area contributed by atoms with Crippen LogP contribution < -0.4 is 14.2 Å². The highest BCUT2D eigenvalue weighted by atomic mass is 16.5. The first kappa shape index (κ1) is 25.9. The van der Waals surface area contributed by atoms with Gasteiger partial charge in [-0.3, -0.25) is 0 Å². The maximum absolute atomic E-state index is 11.6. The lowest BCUT2D eigenvalue weighted by Crippen LogP contribution is -2.09. The fourth-order valence-electron chi connectivity index (χ4n) is 3.30. The summed E-state index contributed by atoms with van der Waals surface area (Å²) in [6, 6.07) is 8.70. The van der Waals surface area contributed by atoms with Crippen molar-refractivity contribution in [3.8, 4) is 23.0 Å². The average molecular weight is 459 g/mol. The Morgan fingerprint density at radius 3 is 2.36 bits per heavy atom. The van der Waals surface area contributed by atoms with E-state index in [0.29, 0.717) is 42.4 Å². The summed E-state index contributed by atoms with van der Waals surface area (Å²) in [6.07, 6.45) is 4.62. The Bertz CT molecular complexity index is 950. The number of carboxylic acids is 1. The van der Waals surface area contributed by atoms with Crippen LogP contribution in [0.3, 0.4) is 0 Å². The zero-order chi connectivity index (χ0) is 24.2. The number of aryl methyl sites for hydroxylation is 1. The molecular formula is C26H34O7. The first-order chi connectivity index (χ1) is 15.9. The van der Waals surface area contributed by atoms with E-state index >= 15 is 0 Å². The van der Waals surface area contributed by atoms with Crippen LogP contribution in [0.5, 0.6) is 23.0 Å². The average Bonchev–Trinajstić information content (AvgIpc) is 2.80. The molecule has 33 heavy (non-hydrogen) atoms. The largest absolute Gasteiger partial charge is 0.508 e. The summed E-state index contributed by atoms with van der Waals surface area (Å²) in [7, 11) is 1.55. The molecule has 0 aromatic heterocycles. The zero-order valence-electron chi connectivity index (χ0n) is 19.8. The highest BCUT2D eigenvalue weighted by Gasteiger charge is 2.18. The van der Waals surface area contributed by atoms with Crippen molar-refractivity contribution >= 4 is 12.0 Å². The molecule has 0 radical (unpaired) electrons. The third kappa shape index (κ3) is 7.34. The van der Waals surface area contributed by atoms with Gasteiger partial charge < -0.3 is 29.2 Å². The summed E-state index contributed by atoms with van der Waals surface area (Å²) in [5.74, 6) is 0.504. The van der Waals surface area contributed by atoms with Gasteiger partial charge in [0.1, 0.15) is 11.5 Å². The van der Waals surface area contributed by atoms with Gasteiger partial charge in [0.25, 0.3) is 0 Å². The summed E-state index contributed by atoms with van der Waals surface area (Å²) in [6.45, 7) is 6.94. The molecule has 0 bridgehead atoms. The van der Waals surface area contributed by atoms with Gasteiger partial charge in [-0.2, -0.15) is 0 Å². The van der Waals surface area contributed by atoms with Gasteiger partial charge in [0.2, 0.25) is 5.76 Å². The SMILES string of the molecule is CCCCOc1c(CC)ccc(/C=C(\OCC)C(=O)O)c1OCCc1ccc(O)cc1OC. The maximum Gasteiger partial charge on any atom is 0.371 e. The van der Waals surface area contributed by atoms with Gasteiger partial charge in [-0.15, -0.1) is 0 Å². The van der Waals surface area contributed by atoms with Crippen LogP contribution in [0.1, 0.15) is 50.3 Å². The van der Waals surface area contributed by atoms with Crippen LogP contribution in [0.15, 0.2) is 36.1 Å². The van der Waals surface area contributed by atoms with E-state index < -0.39 is 5.97 Å². The number of hydrogen-bond acceptors (Lipinski definition) is 6. The van der Waals surface area contributed by atoms with Crippen LogP contribution in [0.2, 0.25) is 0 Å². The van der Waals surface area contributed by atoms with E-state index in [0.717, 1.165) is 30.4 Å². The number of methoxy groups -OCH3 is 1. The second kappa shape index (κ2) is 13.3. The molecule has 0 unspecified atom stereocenters. The Hall–Kier alpha value is -3.35. The van der Waals surface area contributed by atoms with Crippen molar-refractivity contribution in [3.05, 3.63) is 52.8 Å². The van der Waals surface area contributed by atoms with Gasteiger partial charge in [-0.05, 0) is 43.0 Å². The van der Waals surface area contributed by atoms with E-state index in [9.17, 15) is 15.0 Å². The lowest BCUT2D eigenvalue weighted by atomic mass is 10.1. The monoisotopic (exact) mass is 458 g/mol. The van der Waals surface area contributed by atoms with E-state index in [4.69, 9.17) is 18.9 Å². The van der Waals surface area contributed by atoms with Crippen LogP contribution in [-0.4, -0.2) is 43.1 Å². The lowest BCUT2D eigenvalue weighted by molar-refractivity contribution is -0.136. The van der Waals surface area contributed by atoms with E-state index in [1.54, 1.807) is 32.2 Å². The number of hydrogen-bond donors (Lipinski definition) is 2. The van der Waals surface area contributed by atoms with Gasteiger partial charge >= 0.3 is 5.97 Å². The van der Waals surface area contributed by atoms with Crippen molar-refractivity contribution in [3.63, 3.8) is 0 Å². The molecule has 2 aromatic rings. The molecule has 2 rings (SSSR count). The number of aromatic hydroxyl groups is 1. The van der Waals surface area contributed by atoms with Crippen molar-refractivity contribution in [2.24, 2.45) is 0 Å². The number of unbranched alkanes of at least 4 members (excludes halogenated alkanes) is 1. The molecule has 180 valence electrons. The van der Waals surface area contributed by atoms with Crippen LogP contribution >= 0.6 is 0 Å². The van der Waals surface area contributed by atoms with Crippen molar-refractivity contribution in [1.29, 1.82) is 0 Å². The number of carbonyl (C=O) groups is 1. The van der Waals surface area contributed by atoms with Gasteiger partial charge in [0.05, 0.1) is 26.9 Å². The number of rotatable bonds is 14. The van der Waals surface area contributed by atoms with E-state index in [-0.39, 0.29) is 18.1 Å². The Kier molecular flexibility index (Phi) is 10.4. The van der Waals surface area contributed by atoms with Gasteiger partial charge in [-0.25, -0.2) is 4.79 Å². The van der Waals surface area contributed by atoms with E-state index in [1.807, 2.05) is 19.1 Å². The normalized spacial score (nSPS) is 11.2. The highest BCUT2D eigenvalue weighted by molar-refractivity contribution is 5.90. The Balaban J connectivity index is 2.41. The molecule has 0 atom stereocenters. The summed E-state index contributed by atoms with van der Waals surface area (Å²) < 4.78 is 23.0. The van der Waals surface area contributed by atoms with Crippen molar-refractivity contribution < 1.29 is 34.0 Å². The second-order valence-electron chi connectivity index (χ2n) is 7.37. The summed E-state index contributed by atoms with van der Waals surface area (Å²) in [4.78, 5) is 11.6. The minimum Gasteiger partial charge on any atom is -0.508 e. The van der Waals surface area contributed by atoms with Crippen molar-refractivity contribution in [2.75, 3.05) is 26.9 Å². The number of carboxylic acid groups (broad SMARTS) is 1. The molecule has 0 spiro atoms. The van der Waals surface area contributed by atoms with Crippen LogP contribution in [-0.2, 0) is 22.4 Å². The predicted octanol–water partition coefficient (Wildman–Crippen LogP) is 5.23. The van der Waals surface area contributed by atoms with Crippen molar-refractivity contribution in [1.82, 2.24) is 0 Å². The fourth-order valence-corrected chi connectivity index (χ4v) is 3.30. The highest BCUT2D eigenvalue weighted by Crippen LogP contribution is 2.37. The first-order valence-electron chi connectivity index (χ1n) is 11.3. The Morgan fingerprint density at radius 2 is 1.73 bits per heavy atom. The molecule has 0 saturated heterocycles. The number of phenolic OH excluding ortho intramolecular Hbond substituents is 1. The van der Waals surface area contributed by atoms with Crippen molar-refractivity contribution in [2.45, 2.75) is 46.5 Å². The third-order valence-corrected chi connectivity index (χ3v) is 5.04. The first-order valence-corrected chi connectivity index (χ1v) is 11.3. The molecule has 2 aromatic carbocycles. The molecule has 2 N–H and O–H groups in total. The number of benzene rings is 2. The summed E-state index contributed by atoms with van der Waals surface area (Å²) in [5, 5.41) is 19.2. The topological polar surface area (TPSA) is 94.5 Å². The molecule has 0 saturated carbocycles. The van der Waals surface area contributed by atoms with Gasteiger partial charge in [0.15, 0.2) is 11.5 Å². The molecule has 0 amide bonds. The fraction of sp³-hybridized carbons (Fsp3) is 0.423. The predicted molar refractivity (Wildman–Crippen MR) is 127 cm³/mol. The quantitative estimate of drug-likeness (QED) is 0.227. The molecule has 0 fully saturated rings. The van der Waals surface area contributed by atoms with E-state index in [2.05, 4.69) is 6.92 Å². The molecule has 0 heterocycles. The minimum atomic E-state index is -1.15.